The number of sulfone groups is 1. The van der Waals surface area contributed by atoms with E-state index in [0.29, 0.717) is 25.9 Å². The van der Waals surface area contributed by atoms with E-state index in [1.165, 1.54) is 39.7 Å². The Labute approximate surface area is 183 Å². The summed E-state index contributed by atoms with van der Waals surface area (Å²) < 4.78 is 50.5. The number of carbonyl (C=O) groups is 1. The van der Waals surface area contributed by atoms with Gasteiger partial charge in [-0.2, -0.15) is 4.31 Å². The van der Waals surface area contributed by atoms with Crippen molar-refractivity contribution in [3.05, 3.63) is 59.7 Å². The van der Waals surface area contributed by atoms with Gasteiger partial charge in [0, 0.05) is 38.4 Å². The van der Waals surface area contributed by atoms with Crippen LogP contribution in [0.15, 0.2) is 58.3 Å². The first-order chi connectivity index (χ1) is 14.7. The summed E-state index contributed by atoms with van der Waals surface area (Å²) in [6, 6.07) is 13.4. The molecule has 1 saturated heterocycles. The van der Waals surface area contributed by atoms with Crippen molar-refractivity contribution in [1.29, 1.82) is 0 Å². The zero-order chi connectivity index (χ0) is 22.2. The highest BCUT2D eigenvalue weighted by Gasteiger charge is 2.34. The lowest BCUT2D eigenvalue weighted by Gasteiger charge is -2.35. The van der Waals surface area contributed by atoms with Crippen LogP contribution in [0.5, 0.6) is 0 Å². The maximum Gasteiger partial charge on any atom is 0.243 e. The topological polar surface area (TPSA) is 91.8 Å². The minimum absolute atomic E-state index is 0.0670. The fraction of sp³-hybridized carbons (Fsp3) is 0.409. The number of hydrogen-bond donors (Lipinski definition) is 0. The molecule has 0 radical (unpaired) electrons. The quantitative estimate of drug-likeness (QED) is 0.694. The zero-order valence-corrected chi connectivity index (χ0v) is 19.0. The maximum absolute atomic E-state index is 13.0. The number of nitrogens with zero attached hydrogens (tertiary/aromatic N) is 2. The molecule has 2 aromatic carbocycles. The molecule has 2 aromatic rings. The van der Waals surface area contributed by atoms with Gasteiger partial charge in [0.2, 0.25) is 15.9 Å². The van der Waals surface area contributed by atoms with E-state index in [1.807, 2.05) is 17.0 Å². The summed E-state index contributed by atoms with van der Waals surface area (Å²) in [5.74, 6) is -0.0756. The summed E-state index contributed by atoms with van der Waals surface area (Å²) in [7, 11) is -7.11. The molecular weight excluding hydrogens is 436 g/mol. The van der Waals surface area contributed by atoms with Crippen LogP contribution in [0.4, 0.5) is 0 Å². The van der Waals surface area contributed by atoms with E-state index in [9.17, 15) is 21.6 Å². The van der Waals surface area contributed by atoms with Gasteiger partial charge in [-0.25, -0.2) is 16.8 Å². The predicted molar refractivity (Wildman–Crippen MR) is 117 cm³/mol. The summed E-state index contributed by atoms with van der Waals surface area (Å²) in [5, 5.41) is 0. The van der Waals surface area contributed by atoms with Crippen molar-refractivity contribution in [2.24, 2.45) is 5.92 Å². The number of piperidine rings is 1. The van der Waals surface area contributed by atoms with Crippen LogP contribution in [0, 0.1) is 5.92 Å². The van der Waals surface area contributed by atoms with Gasteiger partial charge in [0.25, 0.3) is 0 Å². The molecule has 31 heavy (non-hydrogen) atoms. The van der Waals surface area contributed by atoms with Crippen LogP contribution in [0.1, 0.15) is 24.0 Å². The van der Waals surface area contributed by atoms with Gasteiger partial charge in [-0.05, 0) is 54.7 Å². The van der Waals surface area contributed by atoms with Crippen LogP contribution in [0.3, 0.4) is 0 Å². The monoisotopic (exact) mass is 462 g/mol. The summed E-state index contributed by atoms with van der Waals surface area (Å²) in [6.07, 6.45) is 2.90. The zero-order valence-electron chi connectivity index (χ0n) is 17.4. The Balaban J connectivity index is 1.39. The Morgan fingerprint density at radius 1 is 0.839 bits per heavy atom. The number of carbonyl (C=O) groups excluding carboxylic acids is 1. The third-order valence-electron chi connectivity index (χ3n) is 6.14. The highest BCUT2D eigenvalue weighted by Crippen LogP contribution is 2.28. The molecule has 0 aliphatic carbocycles. The average Bonchev–Trinajstić information content (AvgIpc) is 2.78. The fourth-order valence-corrected chi connectivity index (χ4v) is 6.39. The lowest BCUT2D eigenvalue weighted by molar-refractivity contribution is -0.137. The Morgan fingerprint density at radius 3 is 2.03 bits per heavy atom. The van der Waals surface area contributed by atoms with Crippen molar-refractivity contribution in [1.82, 2.24) is 9.21 Å². The Morgan fingerprint density at radius 2 is 1.42 bits per heavy atom. The highest BCUT2D eigenvalue weighted by molar-refractivity contribution is 7.90. The number of rotatable bonds is 4. The molecule has 0 bridgehead atoms. The standard InChI is InChI=1S/C22H26N2O5S2/c1-30(26,27)20-6-8-21(9-7-20)31(28,29)24-14-11-18(12-15-24)22(25)23-13-10-17-4-2-3-5-19(17)16-23/h2-9,18H,10-16H2,1H3. The van der Waals surface area contributed by atoms with Crippen LogP contribution in [-0.2, 0) is 37.6 Å². The minimum atomic E-state index is -3.72. The predicted octanol–water partition coefficient (Wildman–Crippen LogP) is 2.08. The van der Waals surface area contributed by atoms with Crippen molar-refractivity contribution in [2.45, 2.75) is 35.6 Å². The van der Waals surface area contributed by atoms with E-state index in [0.717, 1.165) is 12.7 Å². The first kappa shape index (κ1) is 22.0. The van der Waals surface area contributed by atoms with E-state index in [1.54, 1.807) is 0 Å². The van der Waals surface area contributed by atoms with E-state index in [-0.39, 0.29) is 34.7 Å². The van der Waals surface area contributed by atoms with Gasteiger partial charge in [-0.3, -0.25) is 4.79 Å². The molecule has 0 aromatic heterocycles. The largest absolute Gasteiger partial charge is 0.338 e. The van der Waals surface area contributed by atoms with Crippen molar-refractivity contribution in [3.8, 4) is 0 Å². The molecular formula is C22H26N2O5S2. The molecule has 0 N–H and O–H groups in total. The van der Waals surface area contributed by atoms with Crippen LogP contribution in [0.2, 0.25) is 0 Å². The summed E-state index contributed by atoms with van der Waals surface area (Å²) in [6.45, 7) is 1.86. The fourth-order valence-electron chi connectivity index (χ4n) is 4.29. The molecule has 0 unspecified atom stereocenters. The Hall–Kier alpha value is -2.23. The number of sulfonamides is 1. The van der Waals surface area contributed by atoms with E-state index in [2.05, 4.69) is 12.1 Å². The van der Waals surface area contributed by atoms with Gasteiger partial charge in [0.15, 0.2) is 9.84 Å². The third-order valence-corrected chi connectivity index (χ3v) is 9.18. The lowest BCUT2D eigenvalue weighted by Crippen LogP contribution is -2.45. The average molecular weight is 463 g/mol. The van der Waals surface area contributed by atoms with Gasteiger partial charge < -0.3 is 4.90 Å². The van der Waals surface area contributed by atoms with Gasteiger partial charge in [0.05, 0.1) is 9.79 Å². The minimum Gasteiger partial charge on any atom is -0.338 e. The maximum atomic E-state index is 13.0. The van der Waals surface area contributed by atoms with Gasteiger partial charge >= 0.3 is 0 Å². The van der Waals surface area contributed by atoms with Crippen molar-refractivity contribution >= 4 is 25.8 Å². The number of hydrogen-bond acceptors (Lipinski definition) is 5. The molecule has 1 fully saturated rings. The molecule has 2 aliphatic heterocycles. The van der Waals surface area contributed by atoms with Crippen molar-refractivity contribution in [2.75, 3.05) is 25.9 Å². The molecule has 9 heteroatoms. The third kappa shape index (κ3) is 4.53. The molecule has 7 nitrogen and oxygen atoms in total. The van der Waals surface area contributed by atoms with Gasteiger partial charge in [-0.15, -0.1) is 0 Å². The smallest absolute Gasteiger partial charge is 0.243 e. The molecule has 0 atom stereocenters. The summed E-state index contributed by atoms with van der Waals surface area (Å²) in [4.78, 5) is 15.1. The Kier molecular flexibility index (Phi) is 5.93. The van der Waals surface area contributed by atoms with Crippen LogP contribution in [0.25, 0.3) is 0 Å². The second-order valence-electron chi connectivity index (χ2n) is 8.20. The van der Waals surface area contributed by atoms with Crippen LogP contribution in [-0.4, -0.2) is 57.8 Å². The van der Waals surface area contributed by atoms with E-state index >= 15 is 0 Å². The summed E-state index contributed by atoms with van der Waals surface area (Å²) >= 11 is 0. The normalized spacial score (nSPS) is 18.5. The van der Waals surface area contributed by atoms with Gasteiger partial charge in [-0.1, -0.05) is 24.3 Å². The number of amides is 1. The van der Waals surface area contributed by atoms with Crippen molar-refractivity contribution in [3.63, 3.8) is 0 Å². The summed E-state index contributed by atoms with van der Waals surface area (Å²) in [5.41, 5.74) is 2.47. The lowest BCUT2D eigenvalue weighted by atomic mass is 9.94. The van der Waals surface area contributed by atoms with E-state index in [4.69, 9.17) is 0 Å². The Bertz CT molecular complexity index is 1180. The molecule has 166 valence electrons. The second-order valence-corrected chi connectivity index (χ2v) is 12.2. The molecule has 2 aliphatic rings. The molecule has 2 heterocycles. The SMILES string of the molecule is CS(=O)(=O)c1ccc(S(=O)(=O)N2CCC(C(=O)N3CCc4ccccc4C3)CC2)cc1. The van der Waals surface area contributed by atoms with Crippen molar-refractivity contribution < 1.29 is 21.6 Å². The van der Waals surface area contributed by atoms with Crippen LogP contribution < -0.4 is 0 Å². The second kappa shape index (κ2) is 8.37. The first-order valence-corrected chi connectivity index (χ1v) is 13.7. The number of fused-ring (bicyclic) bond motifs is 1. The van der Waals surface area contributed by atoms with E-state index < -0.39 is 19.9 Å². The molecule has 0 saturated carbocycles. The molecule has 0 spiro atoms. The van der Waals surface area contributed by atoms with Gasteiger partial charge in [0.1, 0.15) is 0 Å². The van der Waals surface area contributed by atoms with Crippen LogP contribution >= 0.6 is 0 Å². The molecule has 1 amide bonds. The highest BCUT2D eigenvalue weighted by atomic mass is 32.2. The first-order valence-electron chi connectivity index (χ1n) is 10.3. The molecule has 4 rings (SSSR count). The number of benzene rings is 2.